The van der Waals surface area contributed by atoms with Gasteiger partial charge in [-0.1, -0.05) is 41.6 Å². The molecule has 9 heteroatoms. The number of aromatic amines is 1. The number of pyridine rings is 1. The monoisotopic (exact) mass is 436 g/mol. The number of rotatable bonds is 8. The Morgan fingerprint density at radius 1 is 1.25 bits per heavy atom. The largest absolute Gasteiger partial charge is 0.389 e. The van der Waals surface area contributed by atoms with Crippen molar-refractivity contribution in [2.45, 2.75) is 51.4 Å². The van der Waals surface area contributed by atoms with Crippen LogP contribution in [0, 0.1) is 0 Å². The van der Waals surface area contributed by atoms with Gasteiger partial charge in [-0.15, -0.1) is 5.10 Å². The fourth-order valence-corrected chi connectivity index (χ4v) is 3.67. The summed E-state index contributed by atoms with van der Waals surface area (Å²) in [5, 5.41) is 14.1. The van der Waals surface area contributed by atoms with Crippen LogP contribution in [0.25, 0.3) is 0 Å². The molecule has 1 fully saturated rings. The van der Waals surface area contributed by atoms with Crippen LogP contribution in [-0.4, -0.2) is 43.8 Å². The van der Waals surface area contributed by atoms with Gasteiger partial charge >= 0.3 is 0 Å². The maximum absolute atomic E-state index is 12.4. The van der Waals surface area contributed by atoms with Crippen LogP contribution < -0.4 is 5.32 Å². The SMILES string of the molecule is CC1CCCC(CC(=O)Nc2cccc(CO/N=C(/c3ccccc3)c3n[nH]n3C)n2)O1. The summed E-state index contributed by atoms with van der Waals surface area (Å²) in [5.74, 6) is 1.07. The maximum atomic E-state index is 12.4. The Morgan fingerprint density at radius 3 is 2.81 bits per heavy atom. The molecule has 2 aromatic heterocycles. The molecule has 0 spiro atoms. The Hall–Kier alpha value is -3.46. The summed E-state index contributed by atoms with van der Waals surface area (Å²) >= 11 is 0. The number of carbonyl (C=O) groups excluding carboxylic acids is 1. The van der Waals surface area contributed by atoms with Crippen molar-refractivity contribution in [1.29, 1.82) is 0 Å². The Kier molecular flexibility index (Phi) is 6.96. The summed E-state index contributed by atoms with van der Waals surface area (Å²) in [7, 11) is 1.85. The van der Waals surface area contributed by atoms with Crippen molar-refractivity contribution in [3.63, 3.8) is 0 Å². The number of ether oxygens (including phenoxy) is 1. The number of hydrogen-bond acceptors (Lipinski definition) is 6. The van der Waals surface area contributed by atoms with E-state index >= 15 is 0 Å². The maximum Gasteiger partial charge on any atom is 0.228 e. The average Bonchev–Trinajstić information content (AvgIpc) is 2.78. The molecule has 9 nitrogen and oxygen atoms in total. The van der Waals surface area contributed by atoms with Crippen molar-refractivity contribution >= 4 is 17.4 Å². The van der Waals surface area contributed by atoms with Gasteiger partial charge in [0.1, 0.15) is 5.82 Å². The highest BCUT2D eigenvalue weighted by atomic mass is 16.6. The molecule has 1 aromatic carbocycles. The molecule has 0 saturated carbocycles. The number of aryl methyl sites for hydroxylation is 1. The molecule has 3 heterocycles. The van der Waals surface area contributed by atoms with Crippen LogP contribution in [0.1, 0.15) is 49.7 Å². The molecule has 2 atom stereocenters. The highest BCUT2D eigenvalue weighted by Crippen LogP contribution is 2.21. The van der Waals surface area contributed by atoms with Gasteiger partial charge < -0.3 is 14.9 Å². The normalized spacial score (nSPS) is 19.0. The lowest BCUT2D eigenvalue weighted by molar-refractivity contribution is -0.121. The van der Waals surface area contributed by atoms with Gasteiger partial charge in [0, 0.05) is 12.6 Å². The summed E-state index contributed by atoms with van der Waals surface area (Å²) in [6.07, 6.45) is 3.57. The summed E-state index contributed by atoms with van der Waals surface area (Å²) in [4.78, 5) is 22.5. The van der Waals surface area contributed by atoms with Gasteiger partial charge in [-0.05, 0) is 38.3 Å². The number of hydrogen-bond donors (Lipinski definition) is 2. The third-order valence-electron chi connectivity index (χ3n) is 5.30. The number of aromatic nitrogens is 4. The number of H-pyrrole nitrogens is 1. The van der Waals surface area contributed by atoms with Crippen molar-refractivity contribution in [3.05, 3.63) is 65.6 Å². The molecule has 3 aromatic rings. The Balaban J connectivity index is 1.36. The molecule has 1 aliphatic heterocycles. The Labute approximate surface area is 186 Å². The van der Waals surface area contributed by atoms with Gasteiger partial charge in [0.15, 0.2) is 18.1 Å². The summed E-state index contributed by atoms with van der Waals surface area (Å²) in [6, 6.07) is 15.1. The highest BCUT2D eigenvalue weighted by Gasteiger charge is 2.22. The molecule has 0 radical (unpaired) electrons. The summed E-state index contributed by atoms with van der Waals surface area (Å²) in [6.45, 7) is 2.21. The molecule has 0 bridgehead atoms. The van der Waals surface area contributed by atoms with Crippen molar-refractivity contribution in [1.82, 2.24) is 20.0 Å². The van der Waals surface area contributed by atoms with Crippen LogP contribution in [-0.2, 0) is 28.0 Å². The number of nitrogens with one attached hydrogen (secondary N) is 2. The van der Waals surface area contributed by atoms with E-state index in [-0.39, 0.29) is 24.7 Å². The van der Waals surface area contributed by atoms with E-state index in [1.807, 2.05) is 56.4 Å². The van der Waals surface area contributed by atoms with Crippen LogP contribution in [0.15, 0.2) is 53.7 Å². The standard InChI is InChI=1S/C23H28N6O3/c1-16-8-6-12-19(32-16)14-21(30)25-20-13-7-11-18(24-20)15-31-27-22(23-26-28-29(23)2)17-9-4-3-5-10-17/h3-5,7,9-11,13,16,19,28H,6,8,12,14-15H2,1-2H3,(H,24,25,30)/b27-22-. The lowest BCUT2D eigenvalue weighted by Crippen LogP contribution is -2.29. The Morgan fingerprint density at radius 2 is 2.09 bits per heavy atom. The van der Waals surface area contributed by atoms with Gasteiger partial charge in [-0.3, -0.25) is 9.48 Å². The van der Waals surface area contributed by atoms with E-state index in [4.69, 9.17) is 9.57 Å². The first-order chi connectivity index (χ1) is 15.6. The third-order valence-corrected chi connectivity index (χ3v) is 5.30. The molecule has 4 rings (SSSR count). The molecule has 1 aliphatic rings. The lowest BCUT2D eigenvalue weighted by atomic mass is 10.0. The third kappa shape index (κ3) is 5.61. The Bertz CT molecular complexity index is 1060. The van der Waals surface area contributed by atoms with E-state index in [1.165, 1.54) is 0 Å². The topological polar surface area (TPSA) is 106 Å². The van der Waals surface area contributed by atoms with E-state index in [1.54, 1.807) is 10.7 Å². The summed E-state index contributed by atoms with van der Waals surface area (Å²) in [5.41, 5.74) is 2.18. The fraction of sp³-hybridized carbons (Fsp3) is 0.391. The molecular formula is C23H28N6O3. The minimum atomic E-state index is -0.0995. The number of amides is 1. The first kappa shape index (κ1) is 21.8. The first-order valence-corrected chi connectivity index (χ1v) is 10.8. The van der Waals surface area contributed by atoms with Crippen LogP contribution >= 0.6 is 0 Å². The number of nitrogens with zero attached hydrogens (tertiary/aromatic N) is 4. The predicted octanol–water partition coefficient (Wildman–Crippen LogP) is 3.40. The van der Waals surface area contributed by atoms with Gasteiger partial charge in [-0.25, -0.2) is 10.2 Å². The van der Waals surface area contributed by atoms with Gasteiger partial charge in [0.2, 0.25) is 5.91 Å². The molecular weight excluding hydrogens is 408 g/mol. The zero-order chi connectivity index (χ0) is 22.3. The van der Waals surface area contributed by atoms with Crippen LogP contribution in [0.4, 0.5) is 5.82 Å². The van der Waals surface area contributed by atoms with Crippen molar-refractivity contribution in [3.8, 4) is 0 Å². The minimum Gasteiger partial charge on any atom is -0.389 e. The van der Waals surface area contributed by atoms with Gasteiger partial charge in [-0.2, -0.15) is 0 Å². The highest BCUT2D eigenvalue weighted by molar-refractivity contribution is 6.10. The smallest absolute Gasteiger partial charge is 0.228 e. The van der Waals surface area contributed by atoms with Gasteiger partial charge in [0.05, 0.1) is 24.3 Å². The average molecular weight is 437 g/mol. The van der Waals surface area contributed by atoms with E-state index in [2.05, 4.69) is 25.8 Å². The van der Waals surface area contributed by atoms with E-state index in [0.29, 0.717) is 29.5 Å². The molecule has 168 valence electrons. The predicted molar refractivity (Wildman–Crippen MR) is 120 cm³/mol. The number of oxime groups is 1. The van der Waals surface area contributed by atoms with Crippen LogP contribution in [0.3, 0.4) is 0 Å². The van der Waals surface area contributed by atoms with E-state index < -0.39 is 0 Å². The van der Waals surface area contributed by atoms with E-state index in [0.717, 1.165) is 24.8 Å². The van der Waals surface area contributed by atoms with Crippen molar-refractivity contribution < 1.29 is 14.4 Å². The minimum absolute atomic E-state index is 0.0296. The zero-order valence-corrected chi connectivity index (χ0v) is 18.3. The first-order valence-electron chi connectivity index (χ1n) is 10.8. The van der Waals surface area contributed by atoms with Crippen LogP contribution in [0.2, 0.25) is 0 Å². The van der Waals surface area contributed by atoms with Crippen molar-refractivity contribution in [2.24, 2.45) is 12.2 Å². The molecule has 2 N–H and O–H groups in total. The second-order valence-electron chi connectivity index (χ2n) is 7.94. The van der Waals surface area contributed by atoms with E-state index in [9.17, 15) is 4.79 Å². The fourth-order valence-electron chi connectivity index (χ4n) is 3.67. The summed E-state index contributed by atoms with van der Waals surface area (Å²) < 4.78 is 7.60. The molecule has 0 aliphatic carbocycles. The number of benzene rings is 1. The van der Waals surface area contributed by atoms with Gasteiger partial charge in [0.25, 0.3) is 0 Å². The quantitative estimate of drug-likeness (QED) is 0.416. The lowest BCUT2D eigenvalue weighted by Gasteiger charge is -2.27. The molecule has 2 unspecified atom stereocenters. The molecule has 1 amide bonds. The number of carbonyl (C=O) groups is 1. The zero-order valence-electron chi connectivity index (χ0n) is 18.3. The molecule has 1 saturated heterocycles. The number of anilines is 1. The second-order valence-corrected chi connectivity index (χ2v) is 7.94. The molecule has 32 heavy (non-hydrogen) atoms. The van der Waals surface area contributed by atoms with Crippen molar-refractivity contribution in [2.75, 3.05) is 5.32 Å². The van der Waals surface area contributed by atoms with Crippen LogP contribution in [0.5, 0.6) is 0 Å². The second kappa shape index (κ2) is 10.2.